The Morgan fingerprint density at radius 3 is 2.27 bits per heavy atom. The van der Waals surface area contributed by atoms with Gasteiger partial charge < -0.3 is 9.84 Å². The van der Waals surface area contributed by atoms with E-state index in [1.165, 1.54) is 6.92 Å². The molecule has 0 aromatic rings. The lowest BCUT2D eigenvalue weighted by Crippen LogP contribution is -2.29. The Morgan fingerprint density at radius 2 is 1.87 bits per heavy atom. The van der Waals surface area contributed by atoms with E-state index in [9.17, 15) is 13.8 Å². The van der Waals surface area contributed by atoms with E-state index < -0.39 is 33.7 Å². The van der Waals surface area contributed by atoms with E-state index in [-0.39, 0.29) is 12.5 Å². The van der Waals surface area contributed by atoms with Gasteiger partial charge >= 0.3 is 11.9 Å². The number of ether oxygens (including phenoxy) is 1. The van der Waals surface area contributed by atoms with Gasteiger partial charge in [-0.15, -0.1) is 0 Å². The van der Waals surface area contributed by atoms with Crippen LogP contribution in [0.5, 0.6) is 0 Å². The van der Waals surface area contributed by atoms with Crippen LogP contribution in [0.2, 0.25) is 0 Å². The maximum atomic E-state index is 11.3. The van der Waals surface area contributed by atoms with Gasteiger partial charge in [0.1, 0.15) is 11.0 Å². The molecule has 0 aliphatic heterocycles. The van der Waals surface area contributed by atoms with Gasteiger partial charge in [-0.2, -0.15) is 0 Å². The Bertz CT molecular complexity index is 261. The molecule has 0 heterocycles. The van der Waals surface area contributed by atoms with Crippen molar-refractivity contribution >= 4 is 22.7 Å². The molecule has 2 atom stereocenters. The fourth-order valence-electron chi connectivity index (χ4n) is 0.720. The Hall–Kier alpha value is -0.910. The summed E-state index contributed by atoms with van der Waals surface area (Å²) in [5.74, 6) is -2.12. The normalized spacial score (nSPS) is 14.7. The Labute approximate surface area is 91.3 Å². The highest BCUT2D eigenvalue weighted by molar-refractivity contribution is 7.87. The van der Waals surface area contributed by atoms with E-state index in [0.717, 1.165) is 0 Å². The van der Waals surface area contributed by atoms with Crippen molar-refractivity contribution in [3.05, 3.63) is 0 Å². The number of carbonyl (C=O) groups is 2. The van der Waals surface area contributed by atoms with Gasteiger partial charge in [0.2, 0.25) is 0 Å². The molecule has 0 fully saturated rings. The highest BCUT2D eigenvalue weighted by Gasteiger charge is 2.23. The van der Waals surface area contributed by atoms with Crippen molar-refractivity contribution in [2.24, 2.45) is 5.92 Å². The number of esters is 1. The predicted octanol–water partition coefficient (Wildman–Crippen LogP) is 0.407. The molecule has 0 aromatic heterocycles. The molecule has 0 saturated heterocycles. The third kappa shape index (κ3) is 6.22. The zero-order valence-corrected chi connectivity index (χ0v) is 9.87. The van der Waals surface area contributed by atoms with Crippen LogP contribution < -0.4 is 0 Å². The first-order chi connectivity index (χ1) is 6.84. The van der Waals surface area contributed by atoms with E-state index in [1.807, 2.05) is 13.8 Å². The molecule has 0 spiro atoms. The number of hydrogen-bond donors (Lipinski definition) is 1. The monoisotopic (exact) mass is 236 g/mol. The van der Waals surface area contributed by atoms with Gasteiger partial charge in [-0.3, -0.25) is 13.8 Å². The van der Waals surface area contributed by atoms with E-state index in [4.69, 9.17) is 9.84 Å². The average Bonchev–Trinajstić information content (AvgIpc) is 2.11. The molecule has 0 rings (SSSR count). The summed E-state index contributed by atoms with van der Waals surface area (Å²) >= 11 is 0. The molecule has 0 aliphatic rings. The second-order valence-electron chi connectivity index (χ2n) is 3.58. The molecule has 88 valence electrons. The summed E-state index contributed by atoms with van der Waals surface area (Å²) in [6, 6.07) is 0. The molecule has 5 nitrogen and oxygen atoms in total. The molecular formula is C9H16O5S. The molecule has 0 saturated carbocycles. The molecule has 0 radical (unpaired) electrons. The first-order valence-electron chi connectivity index (χ1n) is 4.60. The summed E-state index contributed by atoms with van der Waals surface area (Å²) in [5, 5.41) is 7.50. The molecule has 1 N–H and O–H groups in total. The molecule has 6 heteroatoms. The van der Waals surface area contributed by atoms with Gasteiger partial charge in [-0.05, 0) is 12.8 Å². The lowest BCUT2D eigenvalue weighted by Gasteiger charge is -2.11. The zero-order chi connectivity index (χ0) is 12.0. The van der Waals surface area contributed by atoms with Crippen molar-refractivity contribution in [3.63, 3.8) is 0 Å². The fraction of sp³-hybridized carbons (Fsp3) is 0.778. The van der Waals surface area contributed by atoms with Gasteiger partial charge in [-0.25, -0.2) is 0 Å². The van der Waals surface area contributed by atoms with Crippen LogP contribution in [-0.2, 0) is 25.1 Å². The molecule has 0 bridgehead atoms. The van der Waals surface area contributed by atoms with Crippen LogP contribution in [0.25, 0.3) is 0 Å². The first kappa shape index (κ1) is 14.1. The minimum absolute atomic E-state index is 0.203. The molecular weight excluding hydrogens is 220 g/mol. The second kappa shape index (κ2) is 6.55. The van der Waals surface area contributed by atoms with Crippen molar-refractivity contribution in [1.82, 2.24) is 0 Å². The summed E-state index contributed by atoms with van der Waals surface area (Å²) in [5.41, 5.74) is 0. The van der Waals surface area contributed by atoms with Crippen LogP contribution in [-0.4, -0.2) is 38.9 Å². The maximum Gasteiger partial charge on any atom is 0.321 e. The topological polar surface area (TPSA) is 80.7 Å². The molecule has 0 amide bonds. The summed E-state index contributed by atoms with van der Waals surface area (Å²) in [6.07, 6.45) is 0. The van der Waals surface area contributed by atoms with Crippen LogP contribution in [0.4, 0.5) is 0 Å². The van der Waals surface area contributed by atoms with E-state index in [0.29, 0.717) is 0 Å². The van der Waals surface area contributed by atoms with Crippen molar-refractivity contribution in [2.45, 2.75) is 26.0 Å². The van der Waals surface area contributed by atoms with Gasteiger partial charge in [0, 0.05) is 10.8 Å². The van der Waals surface area contributed by atoms with Crippen molar-refractivity contribution in [1.29, 1.82) is 0 Å². The number of carboxylic acid groups (broad SMARTS) is 1. The molecule has 15 heavy (non-hydrogen) atoms. The lowest BCUT2D eigenvalue weighted by atomic mass is 10.2. The maximum absolute atomic E-state index is 11.3. The van der Waals surface area contributed by atoms with Gasteiger partial charge in [0.15, 0.2) is 0 Å². The quantitative estimate of drug-likeness (QED) is 0.675. The van der Waals surface area contributed by atoms with E-state index >= 15 is 0 Å². The number of rotatable bonds is 6. The van der Waals surface area contributed by atoms with Crippen LogP contribution in [0, 0.1) is 5.92 Å². The molecule has 0 aromatic carbocycles. The highest BCUT2D eigenvalue weighted by Crippen LogP contribution is 2.02. The number of aliphatic carboxylic acids is 1. The summed E-state index contributed by atoms with van der Waals surface area (Å²) in [7, 11) is -1.71. The molecule has 0 aliphatic carbocycles. The van der Waals surface area contributed by atoms with E-state index in [2.05, 4.69) is 0 Å². The minimum Gasteiger partial charge on any atom is -0.481 e. The summed E-state index contributed by atoms with van der Waals surface area (Å²) < 4.78 is 16.1. The number of carbonyl (C=O) groups excluding carboxylic acids is 1. The van der Waals surface area contributed by atoms with Crippen molar-refractivity contribution in [3.8, 4) is 0 Å². The average molecular weight is 236 g/mol. The summed E-state index contributed by atoms with van der Waals surface area (Å²) in [6.45, 7) is 5.42. The third-order valence-corrected chi connectivity index (χ3v) is 3.06. The Balaban J connectivity index is 4.08. The standard InChI is InChI=1S/C9H16O5S/c1-6(2)4-14-9(12)7(3)15(13)5-8(10)11/h6-7H,4-5H2,1-3H3,(H,10,11). The number of carboxylic acids is 1. The Morgan fingerprint density at radius 1 is 1.33 bits per heavy atom. The number of hydrogen-bond acceptors (Lipinski definition) is 4. The van der Waals surface area contributed by atoms with Gasteiger partial charge in [0.05, 0.1) is 6.61 Å². The van der Waals surface area contributed by atoms with E-state index in [1.54, 1.807) is 0 Å². The van der Waals surface area contributed by atoms with Crippen molar-refractivity contribution in [2.75, 3.05) is 12.4 Å². The zero-order valence-electron chi connectivity index (χ0n) is 9.06. The van der Waals surface area contributed by atoms with Gasteiger partial charge in [-0.1, -0.05) is 13.8 Å². The van der Waals surface area contributed by atoms with Crippen LogP contribution in [0.15, 0.2) is 0 Å². The minimum atomic E-state index is -1.71. The predicted molar refractivity (Wildman–Crippen MR) is 55.9 cm³/mol. The van der Waals surface area contributed by atoms with Crippen LogP contribution in [0.3, 0.4) is 0 Å². The SMILES string of the molecule is CC(C)COC(=O)C(C)S(=O)CC(=O)O. The van der Waals surface area contributed by atoms with Crippen molar-refractivity contribution < 1.29 is 23.6 Å². The first-order valence-corrected chi connectivity index (χ1v) is 5.98. The second-order valence-corrected chi connectivity index (χ2v) is 5.34. The fourth-order valence-corrected chi connectivity index (χ4v) is 1.50. The third-order valence-electron chi connectivity index (χ3n) is 1.55. The Kier molecular flexibility index (Phi) is 6.15. The largest absolute Gasteiger partial charge is 0.481 e. The summed E-state index contributed by atoms with van der Waals surface area (Å²) in [4.78, 5) is 21.5. The highest BCUT2D eigenvalue weighted by atomic mass is 32.2. The lowest BCUT2D eigenvalue weighted by molar-refractivity contribution is -0.143. The smallest absolute Gasteiger partial charge is 0.321 e. The van der Waals surface area contributed by atoms with Gasteiger partial charge in [0.25, 0.3) is 0 Å². The van der Waals surface area contributed by atoms with Crippen LogP contribution in [0.1, 0.15) is 20.8 Å². The van der Waals surface area contributed by atoms with Crippen LogP contribution >= 0.6 is 0 Å². The molecule has 2 unspecified atom stereocenters.